The van der Waals surface area contributed by atoms with E-state index in [1.54, 1.807) is 17.8 Å². The molecule has 8 nitrogen and oxygen atoms in total. The predicted octanol–water partition coefficient (Wildman–Crippen LogP) is 4.46. The van der Waals surface area contributed by atoms with E-state index in [2.05, 4.69) is 19.9 Å². The molecule has 0 atom stereocenters. The maximum absolute atomic E-state index is 14.4. The number of rotatable bonds is 6. The standard InChI is InChI=1S/C20H15FN4O4S2/c1-9-5-22-20(23-6-9)29-7-16-24-10(2)17(31-16)14-8-30-18(25-14)11-4-15(26)12(19(27)28)3-13(11)21/h3-6,8,26H,7H2,1-2H3,(H,27,28). The highest BCUT2D eigenvalue weighted by Crippen LogP contribution is 2.36. The van der Waals surface area contributed by atoms with Crippen molar-refractivity contribution in [3.63, 3.8) is 0 Å². The van der Waals surface area contributed by atoms with Gasteiger partial charge in [0.25, 0.3) is 0 Å². The number of aromatic hydroxyl groups is 1. The molecule has 1 aromatic carbocycles. The van der Waals surface area contributed by atoms with E-state index in [4.69, 9.17) is 9.84 Å². The number of aromatic carboxylic acids is 1. The van der Waals surface area contributed by atoms with Crippen molar-refractivity contribution in [3.8, 4) is 32.9 Å². The SMILES string of the molecule is Cc1cnc(OCc2nc(C)c(-c3csc(-c4cc(O)c(C(=O)O)cc4F)n3)s2)nc1. The molecule has 158 valence electrons. The van der Waals surface area contributed by atoms with Crippen LogP contribution in [0.5, 0.6) is 11.8 Å². The minimum atomic E-state index is -1.41. The molecule has 4 aromatic rings. The van der Waals surface area contributed by atoms with Crippen LogP contribution in [0.25, 0.3) is 21.1 Å². The van der Waals surface area contributed by atoms with E-state index in [1.807, 2.05) is 13.8 Å². The highest BCUT2D eigenvalue weighted by Gasteiger charge is 2.19. The van der Waals surface area contributed by atoms with Gasteiger partial charge < -0.3 is 14.9 Å². The van der Waals surface area contributed by atoms with Crippen LogP contribution in [0.15, 0.2) is 29.9 Å². The average Bonchev–Trinajstić information content (AvgIpc) is 3.35. The first-order valence-corrected chi connectivity index (χ1v) is 10.6. The number of hydrogen-bond donors (Lipinski definition) is 2. The van der Waals surface area contributed by atoms with E-state index in [9.17, 15) is 14.3 Å². The van der Waals surface area contributed by atoms with Gasteiger partial charge in [0.05, 0.1) is 16.3 Å². The van der Waals surface area contributed by atoms with Crippen LogP contribution >= 0.6 is 22.7 Å². The molecular weight excluding hydrogens is 443 g/mol. The summed E-state index contributed by atoms with van der Waals surface area (Å²) < 4.78 is 20.0. The maximum Gasteiger partial charge on any atom is 0.339 e. The molecule has 0 spiro atoms. The van der Waals surface area contributed by atoms with Gasteiger partial charge in [-0.2, -0.15) is 0 Å². The van der Waals surface area contributed by atoms with Gasteiger partial charge in [0.2, 0.25) is 0 Å². The molecular formula is C20H15FN4O4S2. The summed E-state index contributed by atoms with van der Waals surface area (Å²) in [7, 11) is 0. The van der Waals surface area contributed by atoms with Gasteiger partial charge in [-0.25, -0.2) is 29.1 Å². The fourth-order valence-electron chi connectivity index (χ4n) is 2.73. The minimum Gasteiger partial charge on any atom is -0.507 e. The first-order valence-electron chi connectivity index (χ1n) is 8.91. The van der Waals surface area contributed by atoms with Crippen LogP contribution in [0.4, 0.5) is 4.39 Å². The summed E-state index contributed by atoms with van der Waals surface area (Å²) in [5.74, 6) is -2.70. The normalized spacial score (nSPS) is 10.9. The zero-order valence-corrected chi connectivity index (χ0v) is 17.9. The van der Waals surface area contributed by atoms with Gasteiger partial charge in [-0.15, -0.1) is 22.7 Å². The van der Waals surface area contributed by atoms with Crippen LogP contribution in [0, 0.1) is 19.7 Å². The van der Waals surface area contributed by atoms with Gasteiger partial charge in [-0.05, 0) is 31.5 Å². The Morgan fingerprint density at radius 3 is 2.65 bits per heavy atom. The van der Waals surface area contributed by atoms with Crippen molar-refractivity contribution in [2.45, 2.75) is 20.5 Å². The lowest BCUT2D eigenvalue weighted by atomic mass is 10.1. The zero-order chi connectivity index (χ0) is 22.1. The number of benzene rings is 1. The molecule has 0 radical (unpaired) electrons. The molecule has 0 amide bonds. The summed E-state index contributed by atoms with van der Waals surface area (Å²) in [4.78, 5) is 29.0. The van der Waals surface area contributed by atoms with Crippen molar-refractivity contribution in [1.29, 1.82) is 0 Å². The van der Waals surface area contributed by atoms with Crippen molar-refractivity contribution >= 4 is 28.6 Å². The first-order chi connectivity index (χ1) is 14.8. The lowest BCUT2D eigenvalue weighted by Gasteiger charge is -2.04. The Morgan fingerprint density at radius 1 is 1.19 bits per heavy atom. The van der Waals surface area contributed by atoms with E-state index < -0.39 is 23.1 Å². The number of carboxylic acids is 1. The number of aryl methyl sites for hydroxylation is 2. The Bertz CT molecular complexity index is 1270. The number of halogens is 1. The van der Waals surface area contributed by atoms with Crippen LogP contribution in [-0.4, -0.2) is 36.1 Å². The Kier molecular flexibility index (Phi) is 5.61. The van der Waals surface area contributed by atoms with Crippen molar-refractivity contribution < 1.29 is 24.1 Å². The van der Waals surface area contributed by atoms with Crippen LogP contribution in [0.3, 0.4) is 0 Å². The van der Waals surface area contributed by atoms with E-state index in [-0.39, 0.29) is 18.2 Å². The van der Waals surface area contributed by atoms with E-state index in [0.717, 1.165) is 28.3 Å². The molecule has 0 fully saturated rings. The summed E-state index contributed by atoms with van der Waals surface area (Å²) in [5, 5.41) is 21.7. The molecule has 11 heteroatoms. The summed E-state index contributed by atoms with van der Waals surface area (Å²) in [6.07, 6.45) is 3.33. The molecule has 3 heterocycles. The van der Waals surface area contributed by atoms with E-state index in [0.29, 0.717) is 15.7 Å². The smallest absolute Gasteiger partial charge is 0.339 e. The zero-order valence-electron chi connectivity index (χ0n) is 16.3. The van der Waals surface area contributed by atoms with Crippen molar-refractivity contribution in [2.75, 3.05) is 0 Å². The third-order valence-electron chi connectivity index (χ3n) is 4.21. The molecule has 4 rings (SSSR count). The third-order valence-corrected chi connectivity index (χ3v) is 6.23. The average molecular weight is 458 g/mol. The molecule has 0 bridgehead atoms. The molecule has 0 aliphatic rings. The molecule has 2 N–H and O–H groups in total. The van der Waals surface area contributed by atoms with Crippen molar-refractivity contribution in [1.82, 2.24) is 19.9 Å². The lowest BCUT2D eigenvalue weighted by molar-refractivity contribution is 0.0693. The van der Waals surface area contributed by atoms with Gasteiger partial charge in [0.15, 0.2) is 0 Å². The van der Waals surface area contributed by atoms with Gasteiger partial charge in [0.1, 0.15) is 33.8 Å². The van der Waals surface area contributed by atoms with Crippen molar-refractivity contribution in [3.05, 3.63) is 57.6 Å². The Morgan fingerprint density at radius 2 is 1.94 bits per heavy atom. The van der Waals surface area contributed by atoms with E-state index in [1.165, 1.54) is 22.7 Å². The number of carboxylic acid groups (broad SMARTS) is 1. The molecule has 0 saturated heterocycles. The minimum absolute atomic E-state index is 0.0287. The maximum atomic E-state index is 14.4. The predicted molar refractivity (Wildman–Crippen MR) is 113 cm³/mol. The van der Waals surface area contributed by atoms with Crippen LogP contribution < -0.4 is 4.74 Å². The number of hydrogen-bond acceptors (Lipinski definition) is 9. The molecule has 0 aliphatic heterocycles. The summed E-state index contributed by atoms with van der Waals surface area (Å²) in [6.45, 7) is 3.92. The number of phenols is 1. The molecule has 0 saturated carbocycles. The molecule has 0 aliphatic carbocycles. The Labute approximate surface area is 183 Å². The monoisotopic (exact) mass is 458 g/mol. The summed E-state index contributed by atoms with van der Waals surface area (Å²) in [6, 6.07) is 2.12. The van der Waals surface area contributed by atoms with Crippen LogP contribution in [0.2, 0.25) is 0 Å². The quantitative estimate of drug-likeness (QED) is 0.435. The number of carbonyl (C=O) groups is 1. The second-order valence-electron chi connectivity index (χ2n) is 6.55. The second kappa shape index (κ2) is 8.36. The lowest BCUT2D eigenvalue weighted by Crippen LogP contribution is -1.99. The fourth-order valence-corrected chi connectivity index (χ4v) is 4.57. The summed E-state index contributed by atoms with van der Waals surface area (Å²) in [5.41, 5.74) is 1.81. The Hall–Kier alpha value is -3.44. The number of aromatic nitrogens is 4. The largest absolute Gasteiger partial charge is 0.507 e. The Balaban J connectivity index is 1.56. The number of ether oxygens (including phenoxy) is 1. The third kappa shape index (κ3) is 4.37. The van der Waals surface area contributed by atoms with Gasteiger partial charge in [0, 0.05) is 23.3 Å². The van der Waals surface area contributed by atoms with Gasteiger partial charge >= 0.3 is 12.0 Å². The fraction of sp³-hybridized carbons (Fsp3) is 0.150. The highest BCUT2D eigenvalue weighted by atomic mass is 32.1. The molecule has 31 heavy (non-hydrogen) atoms. The van der Waals surface area contributed by atoms with Gasteiger partial charge in [-0.3, -0.25) is 0 Å². The van der Waals surface area contributed by atoms with Gasteiger partial charge in [-0.1, -0.05) is 0 Å². The summed E-state index contributed by atoms with van der Waals surface area (Å²) >= 11 is 2.57. The molecule has 3 aromatic heterocycles. The van der Waals surface area contributed by atoms with Crippen LogP contribution in [0.1, 0.15) is 26.6 Å². The second-order valence-corrected chi connectivity index (χ2v) is 8.49. The topological polar surface area (TPSA) is 118 Å². The van der Waals surface area contributed by atoms with E-state index >= 15 is 0 Å². The first kappa shape index (κ1) is 20.8. The number of thiazole rings is 2. The van der Waals surface area contributed by atoms with Crippen molar-refractivity contribution in [2.24, 2.45) is 0 Å². The molecule has 0 unspecified atom stereocenters. The number of nitrogens with zero attached hydrogens (tertiary/aromatic N) is 4. The van der Waals surface area contributed by atoms with Crippen LogP contribution in [-0.2, 0) is 6.61 Å². The highest BCUT2D eigenvalue weighted by molar-refractivity contribution is 7.16.